The van der Waals surface area contributed by atoms with Crippen molar-refractivity contribution < 1.29 is 9.47 Å². The molecule has 0 saturated carbocycles. The summed E-state index contributed by atoms with van der Waals surface area (Å²) in [4.78, 5) is 4.06. The summed E-state index contributed by atoms with van der Waals surface area (Å²) in [5.74, 6) is 1.47. The molecule has 3 aromatic rings. The van der Waals surface area contributed by atoms with Crippen molar-refractivity contribution in [1.82, 2.24) is 14.9 Å². The highest BCUT2D eigenvalue weighted by Gasteiger charge is 2.11. The molecule has 0 radical (unpaired) electrons. The molecule has 2 aromatic carbocycles. The van der Waals surface area contributed by atoms with E-state index in [1.165, 1.54) is 0 Å². The lowest BCUT2D eigenvalue weighted by molar-refractivity contribution is 0.269. The van der Waals surface area contributed by atoms with Crippen LogP contribution in [0.15, 0.2) is 59.6 Å². The summed E-state index contributed by atoms with van der Waals surface area (Å²) in [6.07, 6.45) is 6.66. The molecule has 7 heteroatoms. The zero-order valence-corrected chi connectivity index (χ0v) is 18.7. The molecule has 1 heterocycles. The number of halogens is 2. The first-order valence-corrected chi connectivity index (χ1v) is 10.8. The quantitative estimate of drug-likeness (QED) is 0.372. The lowest BCUT2D eigenvalue weighted by Crippen LogP contribution is -2.16. The number of imidazole rings is 1. The highest BCUT2D eigenvalue weighted by molar-refractivity contribution is 9.10. The molecule has 0 atom stereocenters. The summed E-state index contributed by atoms with van der Waals surface area (Å²) in [5.41, 5.74) is 2.19. The van der Waals surface area contributed by atoms with Crippen LogP contribution in [-0.4, -0.2) is 22.7 Å². The maximum atomic E-state index is 6.01. The molecule has 3 rings (SSSR count). The van der Waals surface area contributed by atoms with E-state index >= 15 is 0 Å². The summed E-state index contributed by atoms with van der Waals surface area (Å²) in [6, 6.07) is 11.7. The highest BCUT2D eigenvalue weighted by atomic mass is 79.9. The lowest BCUT2D eigenvalue weighted by Gasteiger charge is -2.15. The molecule has 0 bridgehead atoms. The fourth-order valence-electron chi connectivity index (χ4n) is 2.86. The van der Waals surface area contributed by atoms with Crippen molar-refractivity contribution >= 4 is 27.5 Å². The van der Waals surface area contributed by atoms with Crippen molar-refractivity contribution in [2.75, 3.05) is 13.2 Å². The van der Waals surface area contributed by atoms with Gasteiger partial charge in [-0.05, 0) is 55.3 Å². The molecule has 5 nitrogen and oxygen atoms in total. The molecule has 1 aromatic heterocycles. The fraction of sp³-hybridized carbons (Fsp3) is 0.318. The number of aryl methyl sites for hydroxylation is 1. The number of rotatable bonds is 11. The Labute approximate surface area is 185 Å². The van der Waals surface area contributed by atoms with E-state index in [0.29, 0.717) is 18.2 Å². The predicted octanol–water partition coefficient (Wildman–Crippen LogP) is 5.46. The van der Waals surface area contributed by atoms with Crippen molar-refractivity contribution in [1.29, 1.82) is 0 Å². The molecule has 0 aliphatic heterocycles. The topological polar surface area (TPSA) is 48.3 Å². The molecular weight excluding hydrogens is 454 g/mol. The molecule has 0 unspecified atom stereocenters. The molecule has 154 valence electrons. The summed E-state index contributed by atoms with van der Waals surface area (Å²) in [6.45, 7) is 5.63. The maximum absolute atomic E-state index is 6.01. The second-order valence-electron chi connectivity index (χ2n) is 6.57. The van der Waals surface area contributed by atoms with Gasteiger partial charge in [0.2, 0.25) is 0 Å². The Morgan fingerprint density at radius 1 is 1.14 bits per heavy atom. The molecule has 0 saturated heterocycles. The summed E-state index contributed by atoms with van der Waals surface area (Å²) in [5, 5.41) is 4.20. The van der Waals surface area contributed by atoms with Gasteiger partial charge in [0, 0.05) is 35.0 Å². The monoisotopic (exact) mass is 477 g/mol. The van der Waals surface area contributed by atoms with Gasteiger partial charge < -0.3 is 19.4 Å². The largest absolute Gasteiger partial charge is 0.490 e. The van der Waals surface area contributed by atoms with E-state index < -0.39 is 0 Å². The van der Waals surface area contributed by atoms with Gasteiger partial charge in [-0.15, -0.1) is 0 Å². The second kappa shape index (κ2) is 11.2. The minimum Gasteiger partial charge on any atom is -0.490 e. The molecule has 0 aliphatic carbocycles. The van der Waals surface area contributed by atoms with Gasteiger partial charge in [0.15, 0.2) is 11.5 Å². The third-order valence-corrected chi connectivity index (χ3v) is 5.35. The van der Waals surface area contributed by atoms with E-state index in [1.807, 2.05) is 55.8 Å². The predicted molar refractivity (Wildman–Crippen MR) is 120 cm³/mol. The van der Waals surface area contributed by atoms with Gasteiger partial charge >= 0.3 is 0 Å². The zero-order valence-electron chi connectivity index (χ0n) is 16.4. The second-order valence-corrected chi connectivity index (χ2v) is 7.86. The maximum Gasteiger partial charge on any atom is 0.162 e. The first kappa shape index (κ1) is 21.7. The Bertz CT molecular complexity index is 886. The first-order chi connectivity index (χ1) is 14.2. The number of hydrogen-bond acceptors (Lipinski definition) is 4. The molecule has 0 spiro atoms. The van der Waals surface area contributed by atoms with E-state index in [1.54, 1.807) is 6.20 Å². The van der Waals surface area contributed by atoms with E-state index in [0.717, 1.165) is 53.2 Å². The Morgan fingerprint density at radius 3 is 2.66 bits per heavy atom. The zero-order chi connectivity index (χ0) is 20.5. The smallest absolute Gasteiger partial charge is 0.162 e. The molecule has 29 heavy (non-hydrogen) atoms. The van der Waals surface area contributed by atoms with Crippen molar-refractivity contribution in [3.05, 3.63) is 75.7 Å². The van der Waals surface area contributed by atoms with Gasteiger partial charge in [0.25, 0.3) is 0 Å². The van der Waals surface area contributed by atoms with E-state index in [2.05, 4.69) is 30.8 Å². The SMILES string of the molecule is CCOc1cc(CNCCCn2ccnc2)c(Br)cc1OCc1ccc(Cl)cc1. The summed E-state index contributed by atoms with van der Waals surface area (Å²) >= 11 is 9.61. The summed E-state index contributed by atoms with van der Waals surface area (Å²) in [7, 11) is 0. The van der Waals surface area contributed by atoms with Crippen molar-refractivity contribution in [3.63, 3.8) is 0 Å². The molecule has 1 N–H and O–H groups in total. The van der Waals surface area contributed by atoms with E-state index in [4.69, 9.17) is 21.1 Å². The van der Waals surface area contributed by atoms with Gasteiger partial charge in [-0.3, -0.25) is 0 Å². The van der Waals surface area contributed by atoms with Crippen molar-refractivity contribution in [2.45, 2.75) is 33.0 Å². The number of nitrogens with one attached hydrogen (secondary N) is 1. The minimum absolute atomic E-state index is 0.454. The van der Waals surface area contributed by atoms with Gasteiger partial charge in [0.05, 0.1) is 12.9 Å². The van der Waals surface area contributed by atoms with Crippen LogP contribution in [0.5, 0.6) is 11.5 Å². The van der Waals surface area contributed by atoms with E-state index in [-0.39, 0.29) is 0 Å². The van der Waals surface area contributed by atoms with Crippen LogP contribution in [0.3, 0.4) is 0 Å². The Hall–Kier alpha value is -2.02. The van der Waals surface area contributed by atoms with Gasteiger partial charge in [-0.2, -0.15) is 0 Å². The molecule has 0 fully saturated rings. The van der Waals surface area contributed by atoms with Gasteiger partial charge in [0.1, 0.15) is 6.61 Å². The normalized spacial score (nSPS) is 10.9. The Kier molecular flexibility index (Phi) is 8.40. The van der Waals surface area contributed by atoms with E-state index in [9.17, 15) is 0 Å². The van der Waals surface area contributed by atoms with Crippen LogP contribution in [0.25, 0.3) is 0 Å². The third kappa shape index (κ3) is 6.77. The molecule has 0 aliphatic rings. The van der Waals surface area contributed by atoms with Crippen LogP contribution < -0.4 is 14.8 Å². The van der Waals surface area contributed by atoms with Crippen LogP contribution in [0, 0.1) is 0 Å². The molecule has 0 amide bonds. The number of aromatic nitrogens is 2. The standard InChI is InChI=1S/C22H25BrClN3O2/c1-2-28-21-12-18(14-25-8-3-10-27-11-9-26-16-27)20(23)13-22(21)29-15-17-4-6-19(24)7-5-17/h4-7,9,11-13,16,25H,2-3,8,10,14-15H2,1H3. The van der Waals surface area contributed by atoms with Crippen LogP contribution in [0.4, 0.5) is 0 Å². The average molecular weight is 479 g/mol. The number of hydrogen-bond donors (Lipinski definition) is 1. The first-order valence-electron chi connectivity index (χ1n) is 9.64. The van der Waals surface area contributed by atoms with Gasteiger partial charge in [-0.1, -0.05) is 39.7 Å². The number of benzene rings is 2. The highest BCUT2D eigenvalue weighted by Crippen LogP contribution is 2.34. The number of ether oxygens (including phenoxy) is 2. The third-order valence-electron chi connectivity index (χ3n) is 4.36. The van der Waals surface area contributed by atoms with Crippen LogP contribution in [0.2, 0.25) is 5.02 Å². The average Bonchev–Trinajstić information content (AvgIpc) is 3.23. The van der Waals surface area contributed by atoms with Crippen molar-refractivity contribution in [3.8, 4) is 11.5 Å². The fourth-order valence-corrected chi connectivity index (χ4v) is 3.45. The molecular formula is C22H25BrClN3O2. The van der Waals surface area contributed by atoms with Crippen LogP contribution in [-0.2, 0) is 19.7 Å². The lowest BCUT2D eigenvalue weighted by atomic mass is 10.2. The minimum atomic E-state index is 0.454. The van der Waals surface area contributed by atoms with Crippen molar-refractivity contribution in [2.24, 2.45) is 0 Å². The van der Waals surface area contributed by atoms with Gasteiger partial charge in [-0.25, -0.2) is 4.98 Å². The van der Waals surface area contributed by atoms with Crippen LogP contribution in [0.1, 0.15) is 24.5 Å². The van der Waals surface area contributed by atoms with Crippen LogP contribution >= 0.6 is 27.5 Å². The Morgan fingerprint density at radius 2 is 1.93 bits per heavy atom. The Balaban J connectivity index is 1.56. The summed E-state index contributed by atoms with van der Waals surface area (Å²) < 4.78 is 14.9. The number of nitrogens with zero attached hydrogens (tertiary/aromatic N) is 2.